The number of benzene rings is 2. The van der Waals surface area contributed by atoms with E-state index in [4.69, 9.17) is 9.25 Å². The number of anilines is 2. The minimum atomic E-state index is -0.897. The molecule has 2 fully saturated rings. The Kier molecular flexibility index (Phi) is 4.07. The topological polar surface area (TPSA) is 63.0 Å². The lowest BCUT2D eigenvalue weighted by Gasteiger charge is -2.27. The van der Waals surface area contributed by atoms with Gasteiger partial charge in [-0.2, -0.15) is 0 Å². The lowest BCUT2D eigenvalue weighted by atomic mass is 9.94. The molecule has 3 aromatic rings. The molecule has 28 heavy (non-hydrogen) atoms. The summed E-state index contributed by atoms with van der Waals surface area (Å²) in [5.74, 6) is -0.776. The van der Waals surface area contributed by atoms with Crippen LogP contribution in [-0.4, -0.2) is 17.9 Å². The second-order valence-corrected chi connectivity index (χ2v) is 7.58. The van der Waals surface area contributed by atoms with Crippen LogP contribution in [0.1, 0.15) is 11.8 Å². The number of nitrogens with zero attached hydrogens (tertiary/aromatic N) is 2. The van der Waals surface area contributed by atoms with Crippen molar-refractivity contribution in [1.29, 1.82) is 0 Å². The van der Waals surface area contributed by atoms with E-state index in [2.05, 4.69) is 15.9 Å². The molecule has 0 bridgehead atoms. The number of carbonyl (C=O) groups excluding carboxylic acids is 2. The van der Waals surface area contributed by atoms with Crippen LogP contribution in [0.2, 0.25) is 0 Å². The predicted octanol–water partition coefficient (Wildman–Crippen LogP) is 4.09. The van der Waals surface area contributed by atoms with Crippen molar-refractivity contribution < 1.29 is 18.8 Å². The third-order valence-electron chi connectivity index (χ3n) is 5.05. The summed E-state index contributed by atoms with van der Waals surface area (Å²) in [5.41, 5.74) is 1.29. The Morgan fingerprint density at radius 1 is 0.821 bits per heavy atom. The van der Waals surface area contributed by atoms with Crippen molar-refractivity contribution >= 4 is 39.1 Å². The zero-order valence-corrected chi connectivity index (χ0v) is 16.2. The van der Waals surface area contributed by atoms with Crippen LogP contribution in [0.5, 0.6) is 0 Å². The number of para-hydroxylation sites is 1. The first-order valence-electron chi connectivity index (χ1n) is 8.83. The number of hydrogen-bond donors (Lipinski definition) is 0. The van der Waals surface area contributed by atoms with Crippen molar-refractivity contribution in [2.45, 2.75) is 12.1 Å². The van der Waals surface area contributed by atoms with Gasteiger partial charge in [-0.05, 0) is 48.5 Å². The van der Waals surface area contributed by atoms with Gasteiger partial charge in [-0.15, -0.1) is 0 Å². The largest absolute Gasteiger partial charge is 0.467 e. The third kappa shape index (κ3) is 2.58. The molecule has 0 aliphatic carbocycles. The number of furan rings is 1. The number of imide groups is 1. The van der Waals surface area contributed by atoms with Crippen molar-refractivity contribution in [3.63, 3.8) is 0 Å². The molecule has 3 atom stereocenters. The van der Waals surface area contributed by atoms with Gasteiger partial charge in [0.15, 0.2) is 6.10 Å². The van der Waals surface area contributed by atoms with Gasteiger partial charge in [-0.25, -0.2) is 9.96 Å². The summed E-state index contributed by atoms with van der Waals surface area (Å²) in [7, 11) is 0. The molecule has 2 aliphatic rings. The van der Waals surface area contributed by atoms with Gasteiger partial charge in [0.05, 0.1) is 17.6 Å². The number of halogens is 1. The minimum absolute atomic E-state index is 0.294. The smallest absolute Gasteiger partial charge is 0.266 e. The maximum Gasteiger partial charge on any atom is 0.266 e. The van der Waals surface area contributed by atoms with Gasteiger partial charge in [0, 0.05) is 4.47 Å². The van der Waals surface area contributed by atoms with Crippen LogP contribution >= 0.6 is 15.9 Å². The fraction of sp³-hybridized carbons (Fsp3) is 0.143. The second kappa shape index (κ2) is 6.61. The summed E-state index contributed by atoms with van der Waals surface area (Å²) in [4.78, 5) is 33.6. The minimum Gasteiger partial charge on any atom is -0.467 e. The summed E-state index contributed by atoms with van der Waals surface area (Å²) in [5, 5.41) is 1.61. The molecule has 2 amide bonds. The van der Waals surface area contributed by atoms with Gasteiger partial charge >= 0.3 is 0 Å². The van der Waals surface area contributed by atoms with E-state index >= 15 is 0 Å². The Labute approximate surface area is 169 Å². The first-order valence-corrected chi connectivity index (χ1v) is 9.62. The van der Waals surface area contributed by atoms with Crippen molar-refractivity contribution in [3.05, 3.63) is 83.2 Å². The zero-order valence-electron chi connectivity index (χ0n) is 14.6. The number of hydrogen-bond acceptors (Lipinski definition) is 5. The van der Waals surface area contributed by atoms with Gasteiger partial charge in [-0.1, -0.05) is 34.1 Å². The number of rotatable bonds is 3. The molecule has 0 unspecified atom stereocenters. The summed E-state index contributed by atoms with van der Waals surface area (Å²) in [6.45, 7) is 0. The maximum absolute atomic E-state index is 13.3. The van der Waals surface area contributed by atoms with E-state index in [0.717, 1.165) is 10.2 Å². The van der Waals surface area contributed by atoms with E-state index in [9.17, 15) is 9.59 Å². The molecule has 0 radical (unpaired) electrons. The van der Waals surface area contributed by atoms with Crippen LogP contribution in [0, 0.1) is 5.92 Å². The van der Waals surface area contributed by atoms with E-state index in [1.54, 1.807) is 47.7 Å². The average molecular weight is 439 g/mol. The van der Waals surface area contributed by atoms with E-state index in [-0.39, 0.29) is 11.8 Å². The summed E-state index contributed by atoms with van der Waals surface area (Å²) < 4.78 is 6.48. The molecule has 7 heteroatoms. The van der Waals surface area contributed by atoms with Crippen LogP contribution in [-0.2, 0) is 14.4 Å². The van der Waals surface area contributed by atoms with Gasteiger partial charge in [-0.3, -0.25) is 14.4 Å². The Balaban J connectivity index is 1.56. The van der Waals surface area contributed by atoms with Crippen molar-refractivity contribution in [2.75, 3.05) is 9.96 Å². The van der Waals surface area contributed by atoms with Crippen LogP contribution < -0.4 is 9.96 Å². The molecule has 0 spiro atoms. The molecule has 0 N–H and O–H groups in total. The maximum atomic E-state index is 13.3. The molecule has 6 nitrogen and oxygen atoms in total. The van der Waals surface area contributed by atoms with Gasteiger partial charge in [0.25, 0.3) is 5.91 Å². The van der Waals surface area contributed by atoms with Gasteiger partial charge in [0.2, 0.25) is 5.91 Å². The van der Waals surface area contributed by atoms with E-state index < -0.39 is 18.1 Å². The highest BCUT2D eigenvalue weighted by Crippen LogP contribution is 2.47. The molecule has 2 aliphatic heterocycles. The highest BCUT2D eigenvalue weighted by atomic mass is 79.9. The molecule has 0 saturated carbocycles. The second-order valence-electron chi connectivity index (χ2n) is 6.66. The van der Waals surface area contributed by atoms with Gasteiger partial charge < -0.3 is 4.42 Å². The number of amides is 2. The van der Waals surface area contributed by atoms with Crippen LogP contribution in [0.15, 0.2) is 81.9 Å². The fourth-order valence-electron chi connectivity index (χ4n) is 3.81. The molecule has 140 valence electrons. The molecular formula is C21H15BrN2O4. The zero-order chi connectivity index (χ0) is 19.3. The number of carbonyl (C=O) groups is 2. The van der Waals surface area contributed by atoms with Crippen LogP contribution in [0.4, 0.5) is 11.4 Å². The van der Waals surface area contributed by atoms with E-state index in [0.29, 0.717) is 11.4 Å². The fourth-order valence-corrected chi connectivity index (χ4v) is 4.07. The van der Waals surface area contributed by atoms with Crippen molar-refractivity contribution in [3.8, 4) is 0 Å². The standard InChI is InChI=1S/C21H15BrN2O4/c22-13-8-10-14(11-9-13)23-20(25)17-18(16-7-4-12-27-16)24(28-19(17)21(23)26)15-5-2-1-3-6-15/h1-12,17-19H/t17-,18-,19-/m1/s1. The molecular weight excluding hydrogens is 424 g/mol. The normalized spacial score (nSPS) is 24.1. The summed E-state index contributed by atoms with van der Waals surface area (Å²) in [6.07, 6.45) is 0.658. The highest BCUT2D eigenvalue weighted by Gasteiger charge is 2.61. The quantitative estimate of drug-likeness (QED) is 0.576. The Bertz CT molecular complexity index is 1020. The van der Waals surface area contributed by atoms with Gasteiger partial charge in [0.1, 0.15) is 17.7 Å². The monoisotopic (exact) mass is 438 g/mol. The SMILES string of the molecule is O=C1[C@@H]2[C@@H](c3ccco3)N(c3ccccc3)O[C@H]2C(=O)N1c1ccc(Br)cc1. The molecule has 2 aromatic carbocycles. The Morgan fingerprint density at radius 2 is 1.57 bits per heavy atom. The van der Waals surface area contributed by atoms with Crippen LogP contribution in [0.3, 0.4) is 0 Å². The first kappa shape index (κ1) is 17.2. The summed E-state index contributed by atoms with van der Waals surface area (Å²) >= 11 is 3.37. The Hall–Kier alpha value is -2.90. The lowest BCUT2D eigenvalue weighted by molar-refractivity contribution is -0.126. The molecule has 2 saturated heterocycles. The number of fused-ring (bicyclic) bond motifs is 1. The third-order valence-corrected chi connectivity index (χ3v) is 5.57. The average Bonchev–Trinajstić information content (AvgIpc) is 3.42. The highest BCUT2D eigenvalue weighted by molar-refractivity contribution is 9.10. The van der Waals surface area contributed by atoms with Crippen molar-refractivity contribution in [2.24, 2.45) is 5.92 Å². The van der Waals surface area contributed by atoms with E-state index in [1.807, 2.05) is 30.3 Å². The molecule has 5 rings (SSSR count). The van der Waals surface area contributed by atoms with E-state index in [1.165, 1.54) is 4.90 Å². The van der Waals surface area contributed by atoms with Crippen LogP contribution in [0.25, 0.3) is 0 Å². The molecule has 3 heterocycles. The Morgan fingerprint density at radius 3 is 2.25 bits per heavy atom. The summed E-state index contributed by atoms with van der Waals surface area (Å²) in [6, 6.07) is 19.5. The predicted molar refractivity (Wildman–Crippen MR) is 105 cm³/mol. The first-order chi connectivity index (χ1) is 13.6. The van der Waals surface area contributed by atoms with Crippen molar-refractivity contribution in [1.82, 2.24) is 0 Å². The number of hydroxylamine groups is 1. The molecule has 1 aromatic heterocycles. The lowest BCUT2D eigenvalue weighted by Crippen LogP contribution is -2.37.